The molecule has 2 heteroatoms. The summed E-state index contributed by atoms with van der Waals surface area (Å²) in [6.45, 7) is 0. The highest BCUT2D eigenvalue weighted by Crippen LogP contribution is 2.42. The van der Waals surface area contributed by atoms with Crippen LogP contribution in [0.15, 0.2) is 255 Å². The van der Waals surface area contributed by atoms with E-state index in [2.05, 4.69) is 264 Å². The Morgan fingerprint density at radius 2 is 0.645 bits per heavy atom. The van der Waals surface area contributed by atoms with Crippen LogP contribution in [0.5, 0.6) is 0 Å². The summed E-state index contributed by atoms with van der Waals surface area (Å²) in [7, 11) is 0. The van der Waals surface area contributed by atoms with Crippen LogP contribution in [0.25, 0.3) is 83.1 Å². The summed E-state index contributed by atoms with van der Waals surface area (Å²) in [6, 6.07) is 91.9. The molecule has 0 amide bonds. The third-order valence-corrected chi connectivity index (χ3v) is 12.0. The fraction of sp³-hybridized carbons (Fsp3) is 0. The zero-order chi connectivity index (χ0) is 41.2. The van der Waals surface area contributed by atoms with E-state index in [4.69, 9.17) is 0 Å². The predicted octanol–water partition coefficient (Wildman–Crippen LogP) is 16.6. The third-order valence-electron chi connectivity index (χ3n) is 12.0. The van der Waals surface area contributed by atoms with E-state index in [1.54, 1.807) is 0 Å². The molecular formula is C60H42N2. The van der Waals surface area contributed by atoms with Gasteiger partial charge in [-0.05, 0) is 116 Å². The van der Waals surface area contributed by atoms with E-state index in [1.165, 1.54) is 77.4 Å². The van der Waals surface area contributed by atoms with E-state index in [-0.39, 0.29) is 0 Å². The number of aromatic nitrogens is 1. The van der Waals surface area contributed by atoms with Gasteiger partial charge in [0.15, 0.2) is 0 Å². The molecule has 0 bridgehead atoms. The Balaban J connectivity index is 0.992. The third kappa shape index (κ3) is 6.94. The highest BCUT2D eigenvalue weighted by atomic mass is 15.1. The maximum atomic E-state index is 2.39. The minimum absolute atomic E-state index is 1.09. The molecule has 1 heterocycles. The average Bonchev–Trinajstić information content (AvgIpc) is 3.70. The second kappa shape index (κ2) is 16.1. The van der Waals surface area contributed by atoms with Gasteiger partial charge in [0, 0.05) is 33.5 Å². The van der Waals surface area contributed by atoms with Crippen LogP contribution in [0.2, 0.25) is 0 Å². The van der Waals surface area contributed by atoms with Gasteiger partial charge >= 0.3 is 0 Å². The largest absolute Gasteiger partial charge is 0.310 e. The standard InChI is InChI=1S/C60H42N2/c1-4-14-43(15-5-1)45-26-30-47(31-27-45)49-34-38-53(39-35-49)61(54-40-36-50(37-41-54)48-32-28-46(29-33-48)44-16-6-2-7-17-44)55-21-12-18-51(42-55)56-23-13-25-59-60(56)57-22-10-11-24-58(57)62(59)52-19-8-3-9-20-52/h1-42H. The molecule has 11 rings (SSSR count). The predicted molar refractivity (Wildman–Crippen MR) is 263 cm³/mol. The lowest BCUT2D eigenvalue weighted by atomic mass is 9.98. The minimum Gasteiger partial charge on any atom is -0.310 e. The van der Waals surface area contributed by atoms with Crippen molar-refractivity contribution in [1.29, 1.82) is 0 Å². The van der Waals surface area contributed by atoms with Crippen molar-refractivity contribution >= 4 is 38.9 Å². The van der Waals surface area contributed by atoms with Crippen molar-refractivity contribution in [3.63, 3.8) is 0 Å². The van der Waals surface area contributed by atoms with Gasteiger partial charge in [0.2, 0.25) is 0 Å². The molecule has 0 N–H and O–H groups in total. The summed E-state index contributed by atoms with van der Waals surface area (Å²) in [6.07, 6.45) is 0. The van der Waals surface area contributed by atoms with Gasteiger partial charge in [-0.1, -0.05) is 194 Å². The summed E-state index contributed by atoms with van der Waals surface area (Å²) < 4.78 is 2.39. The first-order valence-electron chi connectivity index (χ1n) is 21.3. The van der Waals surface area contributed by atoms with Crippen LogP contribution in [-0.2, 0) is 0 Å². The molecular weight excluding hydrogens is 749 g/mol. The van der Waals surface area contributed by atoms with Crippen LogP contribution >= 0.6 is 0 Å². The van der Waals surface area contributed by atoms with E-state index in [0.29, 0.717) is 0 Å². The molecule has 0 spiro atoms. The Morgan fingerprint density at radius 3 is 1.16 bits per heavy atom. The zero-order valence-electron chi connectivity index (χ0n) is 34.1. The van der Waals surface area contributed by atoms with Gasteiger partial charge in [-0.25, -0.2) is 0 Å². The lowest BCUT2D eigenvalue weighted by molar-refractivity contribution is 1.18. The van der Waals surface area contributed by atoms with Gasteiger partial charge < -0.3 is 9.47 Å². The van der Waals surface area contributed by atoms with Crippen LogP contribution in [0.1, 0.15) is 0 Å². The maximum Gasteiger partial charge on any atom is 0.0547 e. The number of benzene rings is 10. The van der Waals surface area contributed by atoms with Crippen molar-refractivity contribution in [2.75, 3.05) is 4.90 Å². The summed E-state index contributed by atoms with van der Waals surface area (Å²) in [5, 5.41) is 2.49. The highest BCUT2D eigenvalue weighted by Gasteiger charge is 2.18. The number of nitrogens with zero attached hydrogens (tertiary/aromatic N) is 2. The molecule has 1 aromatic heterocycles. The van der Waals surface area contributed by atoms with Crippen molar-refractivity contribution in [1.82, 2.24) is 4.57 Å². The van der Waals surface area contributed by atoms with E-state index >= 15 is 0 Å². The Bertz CT molecular complexity index is 3150. The van der Waals surface area contributed by atoms with E-state index in [0.717, 1.165) is 22.7 Å². The lowest BCUT2D eigenvalue weighted by Gasteiger charge is -2.26. The highest BCUT2D eigenvalue weighted by molar-refractivity contribution is 6.16. The molecule has 292 valence electrons. The first kappa shape index (κ1) is 36.8. The van der Waals surface area contributed by atoms with E-state index in [1.807, 2.05) is 0 Å². The number of fused-ring (bicyclic) bond motifs is 3. The minimum atomic E-state index is 1.09. The quantitative estimate of drug-likeness (QED) is 0.141. The van der Waals surface area contributed by atoms with Gasteiger partial charge in [0.25, 0.3) is 0 Å². The van der Waals surface area contributed by atoms with Crippen molar-refractivity contribution in [3.8, 4) is 61.3 Å². The topological polar surface area (TPSA) is 8.17 Å². The summed E-state index contributed by atoms with van der Waals surface area (Å²) in [4.78, 5) is 2.38. The normalized spacial score (nSPS) is 11.2. The lowest BCUT2D eigenvalue weighted by Crippen LogP contribution is -2.10. The number of hydrogen-bond donors (Lipinski definition) is 0. The van der Waals surface area contributed by atoms with Crippen LogP contribution in [0, 0.1) is 0 Å². The average molecular weight is 791 g/mol. The Morgan fingerprint density at radius 1 is 0.258 bits per heavy atom. The summed E-state index contributed by atoms with van der Waals surface area (Å²) in [5.74, 6) is 0. The van der Waals surface area contributed by atoms with Gasteiger partial charge in [-0.3, -0.25) is 0 Å². The molecule has 0 aliphatic heterocycles. The van der Waals surface area contributed by atoms with Gasteiger partial charge in [0.05, 0.1) is 11.0 Å². The van der Waals surface area contributed by atoms with Gasteiger partial charge in [-0.15, -0.1) is 0 Å². The monoisotopic (exact) mass is 790 g/mol. The second-order valence-corrected chi connectivity index (χ2v) is 15.8. The maximum absolute atomic E-state index is 2.39. The summed E-state index contributed by atoms with van der Waals surface area (Å²) in [5.41, 5.74) is 18.8. The van der Waals surface area contributed by atoms with Crippen molar-refractivity contribution < 1.29 is 0 Å². The molecule has 0 radical (unpaired) electrons. The van der Waals surface area contributed by atoms with Crippen molar-refractivity contribution in [3.05, 3.63) is 255 Å². The van der Waals surface area contributed by atoms with E-state index in [9.17, 15) is 0 Å². The molecule has 0 aliphatic rings. The van der Waals surface area contributed by atoms with Crippen LogP contribution in [0.4, 0.5) is 17.1 Å². The van der Waals surface area contributed by atoms with E-state index < -0.39 is 0 Å². The van der Waals surface area contributed by atoms with Crippen LogP contribution in [-0.4, -0.2) is 4.57 Å². The number of hydrogen-bond acceptors (Lipinski definition) is 1. The molecule has 0 fully saturated rings. The van der Waals surface area contributed by atoms with Crippen LogP contribution in [0.3, 0.4) is 0 Å². The molecule has 0 unspecified atom stereocenters. The Labute approximate surface area is 362 Å². The SMILES string of the molecule is c1ccc(-c2ccc(-c3ccc(N(c4ccc(-c5ccc(-c6ccccc6)cc5)cc4)c4cccc(-c5cccc6c5c5ccccc5n6-c5ccccc5)c4)cc3)cc2)cc1. The molecule has 2 nitrogen and oxygen atoms in total. The van der Waals surface area contributed by atoms with Crippen molar-refractivity contribution in [2.24, 2.45) is 0 Å². The Kier molecular flexibility index (Phi) is 9.57. The van der Waals surface area contributed by atoms with Gasteiger partial charge in [0.1, 0.15) is 0 Å². The Hall–Kier alpha value is -8.20. The number of anilines is 3. The van der Waals surface area contributed by atoms with Gasteiger partial charge in [-0.2, -0.15) is 0 Å². The smallest absolute Gasteiger partial charge is 0.0547 e. The fourth-order valence-electron chi connectivity index (χ4n) is 8.95. The molecule has 10 aromatic carbocycles. The number of rotatable bonds is 9. The summed E-state index contributed by atoms with van der Waals surface area (Å²) >= 11 is 0. The zero-order valence-corrected chi connectivity index (χ0v) is 34.1. The number of para-hydroxylation sites is 2. The van der Waals surface area contributed by atoms with Crippen LogP contribution < -0.4 is 4.90 Å². The first-order chi connectivity index (χ1) is 30.7. The molecule has 0 aliphatic carbocycles. The second-order valence-electron chi connectivity index (χ2n) is 15.8. The van der Waals surface area contributed by atoms with Crippen molar-refractivity contribution in [2.45, 2.75) is 0 Å². The first-order valence-corrected chi connectivity index (χ1v) is 21.3. The molecule has 0 atom stereocenters. The molecule has 11 aromatic rings. The fourth-order valence-corrected chi connectivity index (χ4v) is 8.95. The molecule has 0 saturated carbocycles. The molecule has 0 saturated heterocycles. The molecule has 62 heavy (non-hydrogen) atoms.